The van der Waals surface area contributed by atoms with Gasteiger partial charge in [0.1, 0.15) is 0 Å². The van der Waals surface area contributed by atoms with Crippen LogP contribution >= 0.6 is 0 Å². The molecule has 0 aliphatic carbocycles. The molecule has 0 aromatic carbocycles. The van der Waals surface area contributed by atoms with E-state index < -0.39 is 12.1 Å². The molecule has 0 aromatic heterocycles. The summed E-state index contributed by atoms with van der Waals surface area (Å²) >= 11 is 0. The van der Waals surface area contributed by atoms with E-state index in [0.29, 0.717) is 0 Å². The first-order chi connectivity index (χ1) is 5.62. The molecule has 0 bridgehead atoms. The molecule has 0 spiro atoms. The molecule has 0 radical (unpaired) electrons. The molecule has 0 saturated heterocycles. The van der Waals surface area contributed by atoms with Gasteiger partial charge in [0.2, 0.25) is 0 Å². The Hall–Kier alpha value is -0.240. The summed E-state index contributed by atoms with van der Waals surface area (Å²) in [4.78, 5) is 0. The molecule has 0 unspecified atom stereocenters. The molecular weight excluding hydrogens is 164 g/mol. The first-order valence-electron chi connectivity index (χ1n) is 3.56. The highest BCUT2D eigenvalue weighted by Gasteiger charge is 1.92. The van der Waals surface area contributed by atoms with Gasteiger partial charge >= 0.3 is 0 Å². The summed E-state index contributed by atoms with van der Waals surface area (Å²) in [6, 6.07) is -0.907. The van der Waals surface area contributed by atoms with Crippen molar-refractivity contribution in [2.75, 3.05) is 26.4 Å². The molecule has 76 valence electrons. The highest BCUT2D eigenvalue weighted by atomic mass is 16.3. The summed E-state index contributed by atoms with van der Waals surface area (Å²) in [7, 11) is 0. The second kappa shape index (κ2) is 10.8. The van der Waals surface area contributed by atoms with E-state index in [2.05, 4.69) is 0 Å². The Kier molecular flexibility index (Phi) is 12.8. The molecule has 6 nitrogen and oxygen atoms in total. The average molecular weight is 182 g/mol. The highest BCUT2D eigenvalue weighted by Crippen LogP contribution is 1.66. The van der Waals surface area contributed by atoms with Gasteiger partial charge in [-0.2, -0.15) is 0 Å². The minimum absolute atomic E-state index is 0.142. The van der Waals surface area contributed by atoms with Crippen molar-refractivity contribution in [2.24, 2.45) is 11.5 Å². The molecule has 0 rings (SSSR count). The Bertz CT molecular complexity index is 65.9. The van der Waals surface area contributed by atoms with E-state index in [-0.39, 0.29) is 26.4 Å². The van der Waals surface area contributed by atoms with Gasteiger partial charge < -0.3 is 31.9 Å². The minimum atomic E-state index is -0.454. The van der Waals surface area contributed by atoms with Gasteiger partial charge in [0.25, 0.3) is 0 Å². The molecule has 0 heterocycles. The summed E-state index contributed by atoms with van der Waals surface area (Å²) in [6.07, 6.45) is 0. The predicted molar refractivity (Wildman–Crippen MR) is 44.3 cm³/mol. The van der Waals surface area contributed by atoms with Crippen LogP contribution in [0.15, 0.2) is 0 Å². The van der Waals surface area contributed by atoms with E-state index in [1.807, 2.05) is 0 Å². The first kappa shape index (κ1) is 14.3. The zero-order chi connectivity index (χ0) is 9.98. The molecule has 0 atom stereocenters. The number of rotatable bonds is 4. The van der Waals surface area contributed by atoms with E-state index >= 15 is 0 Å². The van der Waals surface area contributed by atoms with E-state index in [9.17, 15) is 0 Å². The van der Waals surface area contributed by atoms with Gasteiger partial charge in [-0.05, 0) is 0 Å². The average Bonchev–Trinajstić information content (AvgIpc) is 2.16. The molecule has 0 aliphatic rings. The van der Waals surface area contributed by atoms with Crippen LogP contribution in [0.3, 0.4) is 0 Å². The fourth-order valence-corrected chi connectivity index (χ4v) is 0.115. The third kappa shape index (κ3) is 12.4. The Morgan fingerprint density at radius 1 is 0.667 bits per heavy atom. The second-order valence-electron chi connectivity index (χ2n) is 2.25. The van der Waals surface area contributed by atoms with Crippen molar-refractivity contribution in [1.82, 2.24) is 0 Å². The number of aliphatic hydroxyl groups is 4. The topological polar surface area (TPSA) is 133 Å². The van der Waals surface area contributed by atoms with Crippen molar-refractivity contribution in [3.63, 3.8) is 0 Å². The van der Waals surface area contributed by atoms with Crippen LogP contribution in [0.2, 0.25) is 0 Å². The quantitative estimate of drug-likeness (QED) is 0.268. The molecule has 0 saturated carbocycles. The van der Waals surface area contributed by atoms with Crippen molar-refractivity contribution >= 4 is 0 Å². The van der Waals surface area contributed by atoms with Crippen molar-refractivity contribution in [3.8, 4) is 0 Å². The molecular formula is C6H18N2O4. The van der Waals surface area contributed by atoms with E-state index in [1.54, 1.807) is 0 Å². The maximum absolute atomic E-state index is 8.05. The Balaban J connectivity index is 0. The largest absolute Gasteiger partial charge is 0.395 e. The molecule has 0 aliphatic heterocycles. The number of hydrogen-bond donors (Lipinski definition) is 6. The summed E-state index contributed by atoms with van der Waals surface area (Å²) < 4.78 is 0. The molecule has 0 fully saturated rings. The van der Waals surface area contributed by atoms with Crippen LogP contribution in [-0.4, -0.2) is 58.9 Å². The molecule has 12 heavy (non-hydrogen) atoms. The van der Waals surface area contributed by atoms with Gasteiger partial charge in [0.05, 0.1) is 38.5 Å². The molecule has 0 aromatic rings. The smallest absolute Gasteiger partial charge is 0.0605 e. The maximum Gasteiger partial charge on any atom is 0.0605 e. The summed E-state index contributed by atoms with van der Waals surface area (Å²) in [5.41, 5.74) is 9.94. The summed E-state index contributed by atoms with van der Waals surface area (Å²) in [5.74, 6) is 0. The first-order valence-corrected chi connectivity index (χ1v) is 3.56. The van der Waals surface area contributed by atoms with E-state index in [4.69, 9.17) is 31.9 Å². The van der Waals surface area contributed by atoms with Crippen LogP contribution in [-0.2, 0) is 0 Å². The monoisotopic (exact) mass is 182 g/mol. The normalized spacial score (nSPS) is 10.0. The van der Waals surface area contributed by atoms with Crippen LogP contribution in [0.4, 0.5) is 0 Å². The van der Waals surface area contributed by atoms with Crippen molar-refractivity contribution in [3.05, 3.63) is 0 Å². The fourth-order valence-electron chi connectivity index (χ4n) is 0.115. The van der Waals surface area contributed by atoms with Gasteiger partial charge in [-0.3, -0.25) is 0 Å². The lowest BCUT2D eigenvalue weighted by Gasteiger charge is -1.98. The second-order valence-corrected chi connectivity index (χ2v) is 2.25. The molecule has 0 amide bonds. The number of hydrogen-bond acceptors (Lipinski definition) is 6. The lowest BCUT2D eigenvalue weighted by Crippen LogP contribution is -2.27. The van der Waals surface area contributed by atoms with Crippen LogP contribution < -0.4 is 11.5 Å². The lowest BCUT2D eigenvalue weighted by molar-refractivity contribution is 0.194. The zero-order valence-electron chi connectivity index (χ0n) is 6.93. The summed E-state index contributed by atoms with van der Waals surface area (Å²) in [5, 5.41) is 32.2. The van der Waals surface area contributed by atoms with Gasteiger partial charge in [0, 0.05) is 0 Å². The lowest BCUT2D eigenvalue weighted by atomic mass is 10.4. The van der Waals surface area contributed by atoms with E-state index in [0.717, 1.165) is 0 Å². The molecule has 6 heteroatoms. The van der Waals surface area contributed by atoms with Gasteiger partial charge in [0.15, 0.2) is 0 Å². The van der Waals surface area contributed by atoms with Crippen molar-refractivity contribution < 1.29 is 20.4 Å². The molecule has 8 N–H and O–H groups in total. The third-order valence-corrected chi connectivity index (χ3v) is 0.938. The van der Waals surface area contributed by atoms with Gasteiger partial charge in [-0.1, -0.05) is 0 Å². The Morgan fingerprint density at radius 2 is 0.833 bits per heavy atom. The standard InChI is InChI=1S/2C3H9NO2/c2*4-3(1-5)2-6/h2*3,5-6H,1-2,4H2. The number of nitrogens with two attached hydrogens (primary N) is 2. The maximum atomic E-state index is 8.05. The minimum Gasteiger partial charge on any atom is -0.395 e. The highest BCUT2D eigenvalue weighted by molar-refractivity contribution is 4.52. The fraction of sp³-hybridized carbons (Fsp3) is 1.00. The SMILES string of the molecule is NC(CO)CO.NC(CO)CO. The van der Waals surface area contributed by atoms with Crippen LogP contribution in [0.25, 0.3) is 0 Å². The van der Waals surface area contributed by atoms with Crippen LogP contribution in [0.5, 0.6) is 0 Å². The predicted octanol–water partition coefficient (Wildman–Crippen LogP) is -3.40. The van der Waals surface area contributed by atoms with Gasteiger partial charge in [-0.15, -0.1) is 0 Å². The van der Waals surface area contributed by atoms with Crippen LogP contribution in [0.1, 0.15) is 0 Å². The van der Waals surface area contributed by atoms with E-state index in [1.165, 1.54) is 0 Å². The van der Waals surface area contributed by atoms with Crippen molar-refractivity contribution in [1.29, 1.82) is 0 Å². The van der Waals surface area contributed by atoms with Crippen LogP contribution in [0, 0.1) is 0 Å². The zero-order valence-corrected chi connectivity index (χ0v) is 6.93. The van der Waals surface area contributed by atoms with Crippen molar-refractivity contribution in [2.45, 2.75) is 12.1 Å². The summed E-state index contributed by atoms with van der Waals surface area (Å²) in [6.45, 7) is -0.569. The Labute approximate surface area is 71.4 Å². The van der Waals surface area contributed by atoms with Gasteiger partial charge in [-0.25, -0.2) is 0 Å². The third-order valence-electron chi connectivity index (χ3n) is 0.938. The Morgan fingerprint density at radius 3 is 0.833 bits per heavy atom. The number of aliphatic hydroxyl groups excluding tert-OH is 4.